The van der Waals surface area contributed by atoms with E-state index in [1.54, 1.807) is 0 Å². The summed E-state index contributed by atoms with van der Waals surface area (Å²) in [5, 5.41) is 3.48. The minimum absolute atomic E-state index is 0.602. The number of nitrogens with zero attached hydrogens (tertiary/aromatic N) is 2. The molecule has 1 aromatic rings. The first-order valence-corrected chi connectivity index (χ1v) is 5.42. The SMILES string of the molecule is CCCNC(C)CCc1cncn1C. The van der Waals surface area contributed by atoms with Gasteiger partial charge < -0.3 is 9.88 Å². The Labute approximate surface area is 86.5 Å². The van der Waals surface area contributed by atoms with Gasteiger partial charge in [0.1, 0.15) is 0 Å². The summed E-state index contributed by atoms with van der Waals surface area (Å²) in [6.07, 6.45) is 7.30. The molecule has 3 heteroatoms. The maximum Gasteiger partial charge on any atom is 0.0945 e. The van der Waals surface area contributed by atoms with Gasteiger partial charge in [-0.1, -0.05) is 6.92 Å². The Morgan fingerprint density at radius 1 is 1.57 bits per heavy atom. The molecular formula is C11H21N3. The fourth-order valence-electron chi connectivity index (χ4n) is 1.48. The Kier molecular flexibility index (Phi) is 4.66. The molecule has 80 valence electrons. The first-order chi connectivity index (χ1) is 6.74. The lowest BCUT2D eigenvalue weighted by Gasteiger charge is -2.12. The fourth-order valence-corrected chi connectivity index (χ4v) is 1.48. The second kappa shape index (κ2) is 5.81. The third kappa shape index (κ3) is 3.50. The summed E-state index contributed by atoms with van der Waals surface area (Å²) in [5.41, 5.74) is 1.31. The van der Waals surface area contributed by atoms with Crippen LogP contribution < -0.4 is 5.32 Å². The lowest BCUT2D eigenvalue weighted by atomic mass is 10.1. The Bertz CT molecular complexity index is 255. The molecule has 0 amide bonds. The molecule has 0 aliphatic heterocycles. The molecule has 1 unspecified atom stereocenters. The van der Waals surface area contributed by atoms with Crippen molar-refractivity contribution < 1.29 is 0 Å². The number of nitrogens with one attached hydrogen (secondary N) is 1. The smallest absolute Gasteiger partial charge is 0.0945 e. The van der Waals surface area contributed by atoms with Crippen LogP contribution in [0.25, 0.3) is 0 Å². The van der Waals surface area contributed by atoms with Crippen molar-refractivity contribution in [2.75, 3.05) is 6.54 Å². The zero-order valence-electron chi connectivity index (χ0n) is 9.45. The Hall–Kier alpha value is -0.830. The molecule has 1 N–H and O–H groups in total. The molecule has 0 aliphatic carbocycles. The van der Waals surface area contributed by atoms with Crippen LogP contribution in [-0.4, -0.2) is 22.1 Å². The highest BCUT2D eigenvalue weighted by Gasteiger charge is 2.03. The monoisotopic (exact) mass is 195 g/mol. The minimum Gasteiger partial charge on any atom is -0.338 e. The van der Waals surface area contributed by atoms with Gasteiger partial charge in [-0.2, -0.15) is 0 Å². The molecule has 0 spiro atoms. The summed E-state index contributed by atoms with van der Waals surface area (Å²) < 4.78 is 2.09. The maximum atomic E-state index is 4.10. The maximum absolute atomic E-state index is 4.10. The van der Waals surface area contributed by atoms with Crippen molar-refractivity contribution >= 4 is 0 Å². The standard InChI is InChI=1S/C11H21N3/c1-4-7-13-10(2)5-6-11-8-12-9-14(11)3/h8-10,13H,4-7H2,1-3H3. The van der Waals surface area contributed by atoms with Crippen molar-refractivity contribution in [3.8, 4) is 0 Å². The van der Waals surface area contributed by atoms with Crippen LogP contribution in [0.2, 0.25) is 0 Å². The van der Waals surface area contributed by atoms with Crippen molar-refractivity contribution in [2.45, 2.75) is 39.2 Å². The van der Waals surface area contributed by atoms with Crippen molar-refractivity contribution in [3.63, 3.8) is 0 Å². The van der Waals surface area contributed by atoms with Crippen LogP contribution in [0.5, 0.6) is 0 Å². The summed E-state index contributed by atoms with van der Waals surface area (Å²) in [6.45, 7) is 5.55. The molecule has 0 radical (unpaired) electrons. The molecule has 0 saturated heterocycles. The summed E-state index contributed by atoms with van der Waals surface area (Å²) in [6, 6.07) is 0.602. The molecular weight excluding hydrogens is 174 g/mol. The molecule has 0 aliphatic rings. The van der Waals surface area contributed by atoms with Crippen LogP contribution in [0.3, 0.4) is 0 Å². The lowest BCUT2D eigenvalue weighted by molar-refractivity contribution is 0.508. The number of aromatic nitrogens is 2. The van der Waals surface area contributed by atoms with Crippen molar-refractivity contribution in [1.82, 2.24) is 14.9 Å². The molecule has 0 bridgehead atoms. The largest absolute Gasteiger partial charge is 0.338 e. The van der Waals surface area contributed by atoms with Crippen LogP contribution >= 0.6 is 0 Å². The molecule has 1 aromatic heterocycles. The summed E-state index contributed by atoms with van der Waals surface area (Å²) in [7, 11) is 2.05. The zero-order valence-corrected chi connectivity index (χ0v) is 9.45. The van der Waals surface area contributed by atoms with Gasteiger partial charge in [-0.15, -0.1) is 0 Å². The number of hydrogen-bond donors (Lipinski definition) is 1. The number of imidazole rings is 1. The second-order valence-electron chi connectivity index (χ2n) is 3.89. The third-order valence-corrected chi connectivity index (χ3v) is 2.49. The highest BCUT2D eigenvalue weighted by Crippen LogP contribution is 2.03. The van der Waals surface area contributed by atoms with E-state index in [2.05, 4.69) is 28.7 Å². The van der Waals surface area contributed by atoms with E-state index in [1.165, 1.54) is 18.5 Å². The normalized spacial score (nSPS) is 13.1. The van der Waals surface area contributed by atoms with Crippen LogP contribution in [-0.2, 0) is 13.5 Å². The van der Waals surface area contributed by atoms with E-state index < -0.39 is 0 Å². The van der Waals surface area contributed by atoms with Crippen molar-refractivity contribution in [2.24, 2.45) is 7.05 Å². The van der Waals surface area contributed by atoms with E-state index in [0.717, 1.165) is 13.0 Å². The van der Waals surface area contributed by atoms with E-state index in [-0.39, 0.29) is 0 Å². The molecule has 1 heterocycles. The summed E-state index contributed by atoms with van der Waals surface area (Å²) in [4.78, 5) is 4.10. The van der Waals surface area contributed by atoms with Gasteiger partial charge >= 0.3 is 0 Å². The Morgan fingerprint density at radius 3 is 2.93 bits per heavy atom. The van der Waals surface area contributed by atoms with Crippen LogP contribution in [0.1, 0.15) is 32.4 Å². The fraction of sp³-hybridized carbons (Fsp3) is 0.727. The van der Waals surface area contributed by atoms with Gasteiger partial charge in [0.25, 0.3) is 0 Å². The van der Waals surface area contributed by atoms with Gasteiger partial charge in [-0.3, -0.25) is 0 Å². The molecule has 3 nitrogen and oxygen atoms in total. The van der Waals surface area contributed by atoms with Crippen LogP contribution in [0.4, 0.5) is 0 Å². The van der Waals surface area contributed by atoms with Crippen molar-refractivity contribution in [3.05, 3.63) is 18.2 Å². The quantitative estimate of drug-likeness (QED) is 0.749. The predicted octanol–water partition coefficient (Wildman–Crippen LogP) is 1.74. The molecule has 0 aromatic carbocycles. The number of hydrogen-bond acceptors (Lipinski definition) is 2. The topological polar surface area (TPSA) is 29.9 Å². The predicted molar refractivity (Wildman–Crippen MR) is 59.3 cm³/mol. The first kappa shape index (κ1) is 11.2. The summed E-state index contributed by atoms with van der Waals surface area (Å²) >= 11 is 0. The van der Waals surface area contributed by atoms with E-state index in [9.17, 15) is 0 Å². The Morgan fingerprint density at radius 2 is 2.36 bits per heavy atom. The minimum atomic E-state index is 0.602. The van der Waals surface area contributed by atoms with E-state index in [0.29, 0.717) is 6.04 Å². The molecule has 0 saturated carbocycles. The Balaban J connectivity index is 2.23. The lowest BCUT2D eigenvalue weighted by Crippen LogP contribution is -2.27. The third-order valence-electron chi connectivity index (χ3n) is 2.49. The molecule has 1 rings (SSSR count). The van der Waals surface area contributed by atoms with E-state index >= 15 is 0 Å². The van der Waals surface area contributed by atoms with Gasteiger partial charge in [0.2, 0.25) is 0 Å². The number of rotatable bonds is 6. The van der Waals surface area contributed by atoms with Crippen molar-refractivity contribution in [1.29, 1.82) is 0 Å². The van der Waals surface area contributed by atoms with Crippen LogP contribution in [0.15, 0.2) is 12.5 Å². The zero-order chi connectivity index (χ0) is 10.4. The number of aryl methyl sites for hydroxylation is 2. The average Bonchev–Trinajstić information content (AvgIpc) is 2.58. The van der Waals surface area contributed by atoms with E-state index in [4.69, 9.17) is 0 Å². The summed E-state index contributed by atoms with van der Waals surface area (Å²) in [5.74, 6) is 0. The van der Waals surface area contributed by atoms with Gasteiger partial charge in [0.05, 0.1) is 6.33 Å². The van der Waals surface area contributed by atoms with Gasteiger partial charge in [-0.25, -0.2) is 4.98 Å². The van der Waals surface area contributed by atoms with E-state index in [1.807, 2.05) is 19.6 Å². The average molecular weight is 195 g/mol. The van der Waals surface area contributed by atoms with Gasteiger partial charge in [-0.05, 0) is 32.7 Å². The van der Waals surface area contributed by atoms with Crippen LogP contribution in [0, 0.1) is 0 Å². The first-order valence-electron chi connectivity index (χ1n) is 5.42. The highest BCUT2D eigenvalue weighted by atomic mass is 15.0. The molecule has 14 heavy (non-hydrogen) atoms. The molecule has 1 atom stereocenters. The van der Waals surface area contributed by atoms with Gasteiger partial charge in [0, 0.05) is 25.0 Å². The second-order valence-corrected chi connectivity index (χ2v) is 3.89. The highest BCUT2D eigenvalue weighted by molar-refractivity contribution is 4.97. The van der Waals surface area contributed by atoms with Gasteiger partial charge in [0.15, 0.2) is 0 Å². The molecule has 0 fully saturated rings.